The first kappa shape index (κ1) is 13.4. The average molecular weight is 276 g/mol. The van der Waals surface area contributed by atoms with E-state index in [9.17, 15) is 5.11 Å². The normalized spacial score (nSPS) is 11.9. The summed E-state index contributed by atoms with van der Waals surface area (Å²) in [6.07, 6.45) is -0.648. The Kier molecular flexibility index (Phi) is 3.99. The van der Waals surface area contributed by atoms with Crippen molar-refractivity contribution in [1.82, 2.24) is 0 Å². The molecule has 0 unspecified atom stereocenters. The first-order valence-electron chi connectivity index (χ1n) is 6.89. The topological polar surface area (TPSA) is 29.5 Å². The summed E-state index contributed by atoms with van der Waals surface area (Å²) in [5, 5.41) is 10.4. The van der Waals surface area contributed by atoms with Crippen molar-refractivity contribution in [1.29, 1.82) is 0 Å². The molecule has 3 aromatic rings. The molecule has 0 radical (unpaired) electrons. The van der Waals surface area contributed by atoms with Crippen LogP contribution in [0, 0.1) is 0 Å². The van der Waals surface area contributed by atoms with Gasteiger partial charge in [0, 0.05) is 0 Å². The fourth-order valence-electron chi connectivity index (χ4n) is 2.20. The highest BCUT2D eigenvalue weighted by molar-refractivity contribution is 5.37. The van der Waals surface area contributed by atoms with E-state index in [4.69, 9.17) is 4.74 Å². The Morgan fingerprint density at radius 1 is 0.619 bits per heavy atom. The van der Waals surface area contributed by atoms with E-state index in [1.54, 1.807) is 0 Å². The van der Waals surface area contributed by atoms with Gasteiger partial charge in [-0.3, -0.25) is 0 Å². The highest BCUT2D eigenvalue weighted by atomic mass is 16.5. The van der Waals surface area contributed by atoms with Crippen molar-refractivity contribution in [3.63, 3.8) is 0 Å². The quantitative estimate of drug-likeness (QED) is 0.757. The van der Waals surface area contributed by atoms with Gasteiger partial charge in [0.15, 0.2) is 0 Å². The molecule has 0 saturated carbocycles. The zero-order valence-electron chi connectivity index (χ0n) is 11.5. The molecule has 0 amide bonds. The highest BCUT2D eigenvalue weighted by Crippen LogP contribution is 2.27. The first-order chi connectivity index (χ1) is 10.3. The van der Waals surface area contributed by atoms with E-state index in [0.29, 0.717) is 5.75 Å². The van der Waals surface area contributed by atoms with Gasteiger partial charge in [0.25, 0.3) is 0 Å². The molecule has 3 aromatic carbocycles. The minimum atomic E-state index is -0.648. The van der Waals surface area contributed by atoms with E-state index in [-0.39, 0.29) is 0 Å². The second kappa shape index (κ2) is 6.25. The van der Waals surface area contributed by atoms with Crippen LogP contribution in [0.15, 0.2) is 84.9 Å². The lowest BCUT2D eigenvalue weighted by molar-refractivity contribution is 0.220. The minimum absolute atomic E-state index is 0.648. The maximum absolute atomic E-state index is 10.4. The van der Waals surface area contributed by atoms with E-state index in [2.05, 4.69) is 0 Å². The Balaban J connectivity index is 1.83. The predicted octanol–water partition coefficient (Wildman–Crippen LogP) is 4.56. The van der Waals surface area contributed by atoms with Crippen LogP contribution in [0.3, 0.4) is 0 Å². The molecule has 2 heteroatoms. The van der Waals surface area contributed by atoms with E-state index in [1.807, 2.05) is 84.9 Å². The Morgan fingerprint density at radius 2 is 1.19 bits per heavy atom. The number of ether oxygens (including phenoxy) is 1. The molecule has 0 aromatic heterocycles. The Morgan fingerprint density at radius 3 is 1.90 bits per heavy atom. The Hall–Kier alpha value is -2.58. The van der Waals surface area contributed by atoms with Gasteiger partial charge in [0.05, 0.1) is 0 Å². The number of para-hydroxylation sites is 1. The summed E-state index contributed by atoms with van der Waals surface area (Å²) >= 11 is 0. The lowest BCUT2D eigenvalue weighted by Crippen LogP contribution is -1.99. The number of aliphatic hydroxyl groups excluding tert-OH is 1. The van der Waals surface area contributed by atoms with Crippen molar-refractivity contribution in [2.75, 3.05) is 0 Å². The van der Waals surface area contributed by atoms with Crippen LogP contribution in [0.5, 0.6) is 11.5 Å². The predicted molar refractivity (Wildman–Crippen MR) is 83.5 cm³/mol. The number of hydrogen-bond acceptors (Lipinski definition) is 2. The molecule has 0 heterocycles. The van der Waals surface area contributed by atoms with Gasteiger partial charge in [-0.1, -0.05) is 60.7 Å². The van der Waals surface area contributed by atoms with Gasteiger partial charge < -0.3 is 9.84 Å². The van der Waals surface area contributed by atoms with Gasteiger partial charge in [-0.15, -0.1) is 0 Å². The standard InChI is InChI=1S/C19H16O2/c20-19(15-8-3-1-4-9-15)16-10-7-13-18(14-16)21-17-11-5-2-6-12-17/h1-14,19-20H/t19-/m1/s1. The second-order valence-electron chi connectivity index (χ2n) is 4.80. The zero-order valence-corrected chi connectivity index (χ0v) is 11.5. The fourth-order valence-corrected chi connectivity index (χ4v) is 2.20. The molecule has 0 aliphatic carbocycles. The molecule has 1 atom stereocenters. The van der Waals surface area contributed by atoms with Crippen molar-refractivity contribution in [2.24, 2.45) is 0 Å². The first-order valence-corrected chi connectivity index (χ1v) is 6.89. The van der Waals surface area contributed by atoms with Crippen LogP contribution in [0.2, 0.25) is 0 Å². The van der Waals surface area contributed by atoms with Gasteiger partial charge >= 0.3 is 0 Å². The summed E-state index contributed by atoms with van der Waals surface area (Å²) in [6.45, 7) is 0. The fraction of sp³-hybridized carbons (Fsp3) is 0.0526. The summed E-state index contributed by atoms with van der Waals surface area (Å²) in [7, 11) is 0. The van der Waals surface area contributed by atoms with Gasteiger partial charge in [-0.2, -0.15) is 0 Å². The van der Waals surface area contributed by atoms with E-state index in [0.717, 1.165) is 16.9 Å². The smallest absolute Gasteiger partial charge is 0.127 e. The molecule has 0 bridgehead atoms. The third-order valence-electron chi connectivity index (χ3n) is 3.27. The van der Waals surface area contributed by atoms with Crippen LogP contribution < -0.4 is 4.74 Å². The molecule has 2 nitrogen and oxygen atoms in total. The molecular formula is C19H16O2. The summed E-state index contributed by atoms with van der Waals surface area (Å²) in [5.74, 6) is 1.50. The van der Waals surface area contributed by atoms with Crippen molar-refractivity contribution in [3.05, 3.63) is 96.1 Å². The van der Waals surface area contributed by atoms with Crippen LogP contribution in [0.25, 0.3) is 0 Å². The van der Waals surface area contributed by atoms with E-state index in [1.165, 1.54) is 0 Å². The van der Waals surface area contributed by atoms with Crippen LogP contribution >= 0.6 is 0 Å². The molecule has 3 rings (SSSR count). The number of hydrogen-bond donors (Lipinski definition) is 1. The molecule has 21 heavy (non-hydrogen) atoms. The van der Waals surface area contributed by atoms with Gasteiger partial charge in [0.2, 0.25) is 0 Å². The van der Waals surface area contributed by atoms with Gasteiger partial charge in [0.1, 0.15) is 17.6 Å². The Labute approximate surface area is 124 Å². The molecule has 0 aliphatic heterocycles. The number of aliphatic hydroxyl groups is 1. The second-order valence-corrected chi connectivity index (χ2v) is 4.80. The van der Waals surface area contributed by atoms with Crippen LogP contribution in [-0.2, 0) is 0 Å². The molecule has 0 saturated heterocycles. The lowest BCUT2D eigenvalue weighted by atomic mass is 10.0. The summed E-state index contributed by atoms with van der Waals surface area (Å²) in [5.41, 5.74) is 1.68. The van der Waals surface area contributed by atoms with E-state index >= 15 is 0 Å². The minimum Gasteiger partial charge on any atom is -0.457 e. The molecule has 1 N–H and O–H groups in total. The zero-order chi connectivity index (χ0) is 14.5. The lowest BCUT2D eigenvalue weighted by Gasteiger charge is -2.13. The third-order valence-corrected chi connectivity index (χ3v) is 3.27. The molecule has 0 spiro atoms. The number of rotatable bonds is 4. The van der Waals surface area contributed by atoms with Crippen LogP contribution in [0.1, 0.15) is 17.2 Å². The summed E-state index contributed by atoms with van der Waals surface area (Å²) in [4.78, 5) is 0. The van der Waals surface area contributed by atoms with Crippen molar-refractivity contribution < 1.29 is 9.84 Å². The summed E-state index contributed by atoms with van der Waals surface area (Å²) < 4.78 is 5.79. The monoisotopic (exact) mass is 276 g/mol. The highest BCUT2D eigenvalue weighted by Gasteiger charge is 2.10. The molecular weight excluding hydrogens is 260 g/mol. The molecule has 0 aliphatic rings. The van der Waals surface area contributed by atoms with Gasteiger partial charge in [-0.05, 0) is 35.4 Å². The van der Waals surface area contributed by atoms with E-state index < -0.39 is 6.10 Å². The molecule has 0 fully saturated rings. The largest absolute Gasteiger partial charge is 0.457 e. The number of benzene rings is 3. The van der Waals surface area contributed by atoms with Crippen LogP contribution in [0.4, 0.5) is 0 Å². The average Bonchev–Trinajstić information content (AvgIpc) is 2.56. The van der Waals surface area contributed by atoms with Crippen molar-refractivity contribution in [3.8, 4) is 11.5 Å². The third kappa shape index (κ3) is 3.30. The van der Waals surface area contributed by atoms with Crippen molar-refractivity contribution in [2.45, 2.75) is 6.10 Å². The SMILES string of the molecule is O[C@H](c1ccccc1)c1cccc(Oc2ccccc2)c1. The maximum atomic E-state index is 10.4. The van der Waals surface area contributed by atoms with Crippen molar-refractivity contribution >= 4 is 0 Å². The van der Waals surface area contributed by atoms with Crippen LogP contribution in [-0.4, -0.2) is 5.11 Å². The Bertz CT molecular complexity index is 693. The summed E-state index contributed by atoms with van der Waals surface area (Å²) in [6, 6.07) is 26.7. The van der Waals surface area contributed by atoms with Gasteiger partial charge in [-0.25, -0.2) is 0 Å². The molecule has 104 valence electrons. The maximum Gasteiger partial charge on any atom is 0.127 e.